The van der Waals surface area contributed by atoms with E-state index in [1.165, 1.54) is 12.8 Å². The average Bonchev–Trinajstić information content (AvgIpc) is 3.38. The summed E-state index contributed by atoms with van der Waals surface area (Å²) in [5.41, 5.74) is 1.08. The molecule has 3 rings (SSSR count). The Kier molecular flexibility index (Phi) is 7.83. The second-order valence-electron chi connectivity index (χ2n) is 7.70. The SMILES string of the molecule is CCNC(=NCc1cccc(OC)c1OC1CCCC1)N1CCC(COC)C1. The molecule has 0 amide bonds. The Morgan fingerprint density at radius 1 is 1.21 bits per heavy atom. The molecule has 1 atom stereocenters. The van der Waals surface area contributed by atoms with E-state index in [1.807, 2.05) is 12.1 Å². The highest BCUT2D eigenvalue weighted by Gasteiger charge is 2.25. The monoisotopic (exact) mass is 389 g/mol. The lowest BCUT2D eigenvalue weighted by atomic mass is 10.1. The van der Waals surface area contributed by atoms with Gasteiger partial charge in [0.05, 0.1) is 26.4 Å². The van der Waals surface area contributed by atoms with Crippen LogP contribution in [-0.2, 0) is 11.3 Å². The number of nitrogens with zero attached hydrogens (tertiary/aromatic N) is 2. The van der Waals surface area contributed by atoms with Crippen molar-refractivity contribution >= 4 is 5.96 Å². The molecule has 1 saturated carbocycles. The highest BCUT2D eigenvalue weighted by Crippen LogP contribution is 2.35. The van der Waals surface area contributed by atoms with Crippen molar-refractivity contribution in [2.75, 3.05) is 40.5 Å². The molecule has 28 heavy (non-hydrogen) atoms. The van der Waals surface area contributed by atoms with Gasteiger partial charge in [0, 0.05) is 38.2 Å². The fraction of sp³-hybridized carbons (Fsp3) is 0.682. The third-order valence-corrected chi connectivity index (χ3v) is 5.59. The van der Waals surface area contributed by atoms with Gasteiger partial charge in [-0.3, -0.25) is 0 Å². The van der Waals surface area contributed by atoms with E-state index in [-0.39, 0.29) is 0 Å². The van der Waals surface area contributed by atoms with E-state index in [9.17, 15) is 0 Å². The number of benzene rings is 1. The zero-order valence-corrected chi connectivity index (χ0v) is 17.6. The van der Waals surface area contributed by atoms with Crippen LogP contribution in [0.4, 0.5) is 0 Å². The fourth-order valence-corrected chi connectivity index (χ4v) is 4.14. The first kappa shape index (κ1) is 20.8. The second kappa shape index (κ2) is 10.6. The summed E-state index contributed by atoms with van der Waals surface area (Å²) in [5.74, 6) is 3.20. The Hall–Kier alpha value is -1.95. The number of hydrogen-bond donors (Lipinski definition) is 1. The molecule has 0 bridgehead atoms. The molecule has 1 aliphatic heterocycles. The van der Waals surface area contributed by atoms with E-state index >= 15 is 0 Å². The van der Waals surface area contributed by atoms with Gasteiger partial charge in [-0.25, -0.2) is 4.99 Å². The molecular formula is C22H35N3O3. The second-order valence-corrected chi connectivity index (χ2v) is 7.70. The molecule has 1 heterocycles. The number of para-hydroxylation sites is 1. The Bertz CT molecular complexity index is 644. The summed E-state index contributed by atoms with van der Waals surface area (Å²) >= 11 is 0. The number of likely N-dealkylation sites (tertiary alicyclic amines) is 1. The van der Waals surface area contributed by atoms with E-state index in [0.717, 1.165) is 68.5 Å². The van der Waals surface area contributed by atoms with Crippen LogP contribution in [0.5, 0.6) is 11.5 Å². The predicted molar refractivity (Wildman–Crippen MR) is 112 cm³/mol. The van der Waals surface area contributed by atoms with Gasteiger partial charge < -0.3 is 24.4 Å². The highest BCUT2D eigenvalue weighted by molar-refractivity contribution is 5.80. The van der Waals surface area contributed by atoms with E-state index in [1.54, 1.807) is 14.2 Å². The van der Waals surface area contributed by atoms with Crippen LogP contribution in [0.15, 0.2) is 23.2 Å². The first-order valence-electron chi connectivity index (χ1n) is 10.6. The van der Waals surface area contributed by atoms with Gasteiger partial charge in [-0.1, -0.05) is 12.1 Å². The highest BCUT2D eigenvalue weighted by atomic mass is 16.5. The zero-order chi connectivity index (χ0) is 19.8. The molecule has 6 nitrogen and oxygen atoms in total. The van der Waals surface area contributed by atoms with Gasteiger partial charge in [-0.15, -0.1) is 0 Å². The molecular weight excluding hydrogens is 354 g/mol. The number of methoxy groups -OCH3 is 2. The minimum absolute atomic E-state index is 0.292. The van der Waals surface area contributed by atoms with E-state index in [4.69, 9.17) is 19.2 Å². The van der Waals surface area contributed by atoms with Crippen molar-refractivity contribution in [1.82, 2.24) is 10.2 Å². The minimum Gasteiger partial charge on any atom is -0.493 e. The number of rotatable bonds is 8. The number of hydrogen-bond acceptors (Lipinski definition) is 4. The topological polar surface area (TPSA) is 55.3 Å². The largest absolute Gasteiger partial charge is 0.493 e. The summed E-state index contributed by atoms with van der Waals surface area (Å²) in [6.45, 7) is 6.36. The number of aliphatic imine (C=N–C) groups is 1. The first-order chi connectivity index (χ1) is 13.7. The van der Waals surface area contributed by atoms with Gasteiger partial charge in [0.2, 0.25) is 0 Å². The molecule has 1 saturated heterocycles. The van der Waals surface area contributed by atoms with Crippen LogP contribution in [0.3, 0.4) is 0 Å². The van der Waals surface area contributed by atoms with Crippen molar-refractivity contribution in [1.29, 1.82) is 0 Å². The number of guanidine groups is 1. The van der Waals surface area contributed by atoms with Crippen LogP contribution in [0.2, 0.25) is 0 Å². The summed E-state index contributed by atoms with van der Waals surface area (Å²) in [6.07, 6.45) is 6.18. The lowest BCUT2D eigenvalue weighted by Gasteiger charge is -2.22. The molecule has 6 heteroatoms. The molecule has 2 fully saturated rings. The molecule has 1 N–H and O–H groups in total. The minimum atomic E-state index is 0.292. The molecule has 1 unspecified atom stereocenters. The predicted octanol–water partition coefficient (Wildman–Crippen LogP) is 3.45. The molecule has 1 aromatic rings. The molecule has 0 radical (unpaired) electrons. The van der Waals surface area contributed by atoms with Crippen molar-refractivity contribution in [3.63, 3.8) is 0 Å². The molecule has 2 aliphatic rings. The van der Waals surface area contributed by atoms with Crippen LogP contribution in [0.25, 0.3) is 0 Å². The Morgan fingerprint density at radius 3 is 2.75 bits per heavy atom. The van der Waals surface area contributed by atoms with Gasteiger partial charge in [-0.05, 0) is 45.1 Å². The smallest absolute Gasteiger partial charge is 0.194 e. The van der Waals surface area contributed by atoms with Gasteiger partial charge in [-0.2, -0.15) is 0 Å². The summed E-state index contributed by atoms with van der Waals surface area (Å²) in [7, 11) is 3.48. The van der Waals surface area contributed by atoms with E-state index < -0.39 is 0 Å². The third kappa shape index (κ3) is 5.31. The lowest BCUT2D eigenvalue weighted by Crippen LogP contribution is -2.40. The van der Waals surface area contributed by atoms with Crippen LogP contribution < -0.4 is 14.8 Å². The standard InChI is InChI=1S/C22H35N3O3/c1-4-23-22(25-13-12-17(15-25)16-26-2)24-14-18-8-7-11-20(27-3)21(18)28-19-9-5-6-10-19/h7-8,11,17,19H,4-6,9-10,12-16H2,1-3H3,(H,23,24). The van der Waals surface area contributed by atoms with Crippen LogP contribution in [-0.4, -0.2) is 57.4 Å². The molecule has 156 valence electrons. The molecule has 1 aromatic carbocycles. The number of nitrogens with one attached hydrogen (secondary N) is 1. The van der Waals surface area contributed by atoms with Crippen molar-refractivity contribution in [2.45, 2.75) is 51.7 Å². The van der Waals surface area contributed by atoms with E-state index in [2.05, 4.69) is 23.2 Å². The summed E-state index contributed by atoms with van der Waals surface area (Å²) in [5, 5.41) is 3.44. The normalized spacial score (nSPS) is 20.6. The van der Waals surface area contributed by atoms with E-state index in [0.29, 0.717) is 18.6 Å². The Morgan fingerprint density at radius 2 is 2.04 bits per heavy atom. The summed E-state index contributed by atoms with van der Waals surface area (Å²) < 4.78 is 17.3. The maximum atomic E-state index is 6.35. The molecule has 0 aromatic heterocycles. The number of ether oxygens (including phenoxy) is 3. The van der Waals surface area contributed by atoms with Crippen LogP contribution in [0.1, 0.15) is 44.6 Å². The molecule has 1 aliphatic carbocycles. The Labute approximate surface area is 169 Å². The quantitative estimate of drug-likeness (QED) is 0.545. The maximum Gasteiger partial charge on any atom is 0.194 e. The first-order valence-corrected chi connectivity index (χ1v) is 10.6. The maximum absolute atomic E-state index is 6.35. The van der Waals surface area contributed by atoms with Gasteiger partial charge in [0.25, 0.3) is 0 Å². The van der Waals surface area contributed by atoms with Crippen molar-refractivity contribution in [2.24, 2.45) is 10.9 Å². The third-order valence-electron chi connectivity index (χ3n) is 5.59. The lowest BCUT2D eigenvalue weighted by molar-refractivity contribution is 0.157. The summed E-state index contributed by atoms with van der Waals surface area (Å²) in [6, 6.07) is 6.08. The average molecular weight is 390 g/mol. The van der Waals surface area contributed by atoms with Gasteiger partial charge in [0.1, 0.15) is 0 Å². The zero-order valence-electron chi connectivity index (χ0n) is 17.6. The van der Waals surface area contributed by atoms with Crippen LogP contribution in [0, 0.1) is 5.92 Å². The fourth-order valence-electron chi connectivity index (χ4n) is 4.14. The summed E-state index contributed by atoms with van der Waals surface area (Å²) in [4.78, 5) is 7.26. The Balaban J connectivity index is 1.74. The van der Waals surface area contributed by atoms with Crippen molar-refractivity contribution in [3.05, 3.63) is 23.8 Å². The van der Waals surface area contributed by atoms with Crippen molar-refractivity contribution in [3.8, 4) is 11.5 Å². The van der Waals surface area contributed by atoms with Gasteiger partial charge in [0.15, 0.2) is 17.5 Å². The molecule has 0 spiro atoms. The van der Waals surface area contributed by atoms with Crippen LogP contribution >= 0.6 is 0 Å². The van der Waals surface area contributed by atoms with Crippen molar-refractivity contribution < 1.29 is 14.2 Å². The van der Waals surface area contributed by atoms with Gasteiger partial charge >= 0.3 is 0 Å².